The van der Waals surface area contributed by atoms with E-state index in [4.69, 9.17) is 11.6 Å². The summed E-state index contributed by atoms with van der Waals surface area (Å²) >= 11 is 5.91. The van der Waals surface area contributed by atoms with Crippen LogP contribution >= 0.6 is 11.6 Å². The van der Waals surface area contributed by atoms with Gasteiger partial charge in [0, 0.05) is 11.4 Å². The Kier molecular flexibility index (Phi) is 3.90. The van der Waals surface area contributed by atoms with E-state index in [-0.39, 0.29) is 0 Å². The number of aromatic nitrogens is 3. The normalized spacial score (nSPS) is 10.4. The van der Waals surface area contributed by atoms with Crippen molar-refractivity contribution in [2.75, 3.05) is 0 Å². The maximum Gasteiger partial charge on any atom is 0.186 e. The molecule has 0 atom stereocenters. The van der Waals surface area contributed by atoms with E-state index in [0.717, 1.165) is 22.5 Å². The molecule has 5 heteroatoms. The lowest BCUT2D eigenvalue weighted by molar-refractivity contribution is 0.772. The molecule has 0 fully saturated rings. The lowest BCUT2D eigenvalue weighted by Gasteiger charge is -2.07. The summed E-state index contributed by atoms with van der Waals surface area (Å²) in [5.74, 6) is 0. The molecule has 3 aromatic rings. The number of halogens is 1. The summed E-state index contributed by atoms with van der Waals surface area (Å²) in [7, 11) is 0. The van der Waals surface area contributed by atoms with Crippen molar-refractivity contribution in [1.82, 2.24) is 15.0 Å². The number of nitriles is 1. The summed E-state index contributed by atoms with van der Waals surface area (Å²) in [4.78, 5) is 0. The zero-order chi connectivity index (χ0) is 15.5. The van der Waals surface area contributed by atoms with E-state index in [1.807, 2.05) is 55.5 Å². The SMILES string of the molecule is Cc1cccc(-n2nnc(C#N)c2Cc2ccc(Cl)cc2)c1. The fourth-order valence-corrected chi connectivity index (χ4v) is 2.44. The second kappa shape index (κ2) is 6.00. The van der Waals surface area contributed by atoms with Gasteiger partial charge in [-0.2, -0.15) is 5.26 Å². The molecule has 1 heterocycles. The third kappa shape index (κ3) is 2.85. The Hall–Kier alpha value is -2.64. The summed E-state index contributed by atoms with van der Waals surface area (Å²) in [6.45, 7) is 2.02. The first-order valence-electron chi connectivity index (χ1n) is 6.83. The Morgan fingerprint density at radius 1 is 1.18 bits per heavy atom. The van der Waals surface area contributed by atoms with Crippen LogP contribution in [0, 0.1) is 18.3 Å². The number of benzene rings is 2. The van der Waals surface area contributed by atoms with Crippen LogP contribution in [0.25, 0.3) is 5.69 Å². The zero-order valence-electron chi connectivity index (χ0n) is 12.0. The number of hydrogen-bond donors (Lipinski definition) is 0. The maximum absolute atomic E-state index is 9.27. The highest BCUT2D eigenvalue weighted by Crippen LogP contribution is 2.19. The van der Waals surface area contributed by atoms with Gasteiger partial charge in [-0.1, -0.05) is 41.1 Å². The number of rotatable bonds is 3. The predicted octanol–water partition coefficient (Wildman–Crippen LogP) is 3.69. The average Bonchev–Trinajstić information content (AvgIpc) is 2.92. The summed E-state index contributed by atoms with van der Waals surface area (Å²) in [6, 6.07) is 17.6. The van der Waals surface area contributed by atoms with E-state index in [2.05, 4.69) is 16.4 Å². The minimum atomic E-state index is 0.344. The monoisotopic (exact) mass is 308 g/mol. The molecule has 0 aliphatic heterocycles. The van der Waals surface area contributed by atoms with E-state index < -0.39 is 0 Å². The molecular weight excluding hydrogens is 296 g/mol. The van der Waals surface area contributed by atoms with Crippen molar-refractivity contribution in [3.05, 3.63) is 76.1 Å². The second-order valence-electron chi connectivity index (χ2n) is 5.05. The fourth-order valence-electron chi connectivity index (χ4n) is 2.31. The molecular formula is C17H13ClN4. The van der Waals surface area contributed by atoms with Gasteiger partial charge in [-0.05, 0) is 42.3 Å². The van der Waals surface area contributed by atoms with Crippen LogP contribution in [0.1, 0.15) is 22.5 Å². The van der Waals surface area contributed by atoms with Crippen molar-refractivity contribution >= 4 is 11.6 Å². The Morgan fingerprint density at radius 3 is 2.64 bits per heavy atom. The zero-order valence-corrected chi connectivity index (χ0v) is 12.7. The molecule has 3 rings (SSSR count). The number of nitrogens with zero attached hydrogens (tertiary/aromatic N) is 4. The van der Waals surface area contributed by atoms with Crippen molar-refractivity contribution in [2.45, 2.75) is 13.3 Å². The van der Waals surface area contributed by atoms with Crippen LogP contribution in [0.2, 0.25) is 5.02 Å². The highest BCUT2D eigenvalue weighted by molar-refractivity contribution is 6.30. The average molecular weight is 309 g/mol. The topological polar surface area (TPSA) is 54.5 Å². The minimum absolute atomic E-state index is 0.344. The van der Waals surface area contributed by atoms with Crippen molar-refractivity contribution in [3.63, 3.8) is 0 Å². The molecule has 0 aliphatic rings. The molecule has 0 amide bonds. The molecule has 0 unspecified atom stereocenters. The summed E-state index contributed by atoms with van der Waals surface area (Å²) in [5.41, 5.74) is 4.20. The van der Waals surface area contributed by atoms with Gasteiger partial charge in [-0.25, -0.2) is 4.68 Å². The van der Waals surface area contributed by atoms with Gasteiger partial charge in [0.05, 0.1) is 11.4 Å². The van der Waals surface area contributed by atoms with Gasteiger partial charge >= 0.3 is 0 Å². The molecule has 0 saturated carbocycles. The van der Waals surface area contributed by atoms with E-state index >= 15 is 0 Å². The molecule has 0 N–H and O–H groups in total. The molecule has 0 spiro atoms. The number of aryl methyl sites for hydroxylation is 1. The molecule has 0 radical (unpaired) electrons. The van der Waals surface area contributed by atoms with Crippen LogP contribution < -0.4 is 0 Å². The van der Waals surface area contributed by atoms with E-state index in [0.29, 0.717) is 17.1 Å². The van der Waals surface area contributed by atoms with Crippen molar-refractivity contribution in [2.24, 2.45) is 0 Å². The first kappa shape index (κ1) is 14.3. The van der Waals surface area contributed by atoms with Crippen LogP contribution in [0.5, 0.6) is 0 Å². The molecule has 1 aromatic heterocycles. The lowest BCUT2D eigenvalue weighted by atomic mass is 10.1. The minimum Gasteiger partial charge on any atom is -0.216 e. The second-order valence-corrected chi connectivity index (χ2v) is 5.49. The van der Waals surface area contributed by atoms with Gasteiger partial charge < -0.3 is 0 Å². The third-order valence-corrected chi connectivity index (χ3v) is 3.65. The van der Waals surface area contributed by atoms with Gasteiger partial charge in [0.25, 0.3) is 0 Å². The molecule has 0 bridgehead atoms. The molecule has 0 aliphatic carbocycles. The quantitative estimate of drug-likeness (QED) is 0.741. The fraction of sp³-hybridized carbons (Fsp3) is 0.118. The molecule has 0 saturated heterocycles. The van der Waals surface area contributed by atoms with Crippen molar-refractivity contribution in [1.29, 1.82) is 5.26 Å². The Morgan fingerprint density at radius 2 is 1.95 bits per heavy atom. The van der Waals surface area contributed by atoms with Crippen LogP contribution in [-0.4, -0.2) is 15.0 Å². The third-order valence-electron chi connectivity index (χ3n) is 3.40. The molecule has 4 nitrogen and oxygen atoms in total. The van der Waals surface area contributed by atoms with Crippen LogP contribution in [0.4, 0.5) is 0 Å². The first-order chi connectivity index (χ1) is 10.7. The standard InChI is InChI=1S/C17H13ClN4/c1-12-3-2-4-15(9-12)22-17(16(11-19)20-21-22)10-13-5-7-14(18)8-6-13/h2-9H,10H2,1H3. The van der Waals surface area contributed by atoms with Gasteiger partial charge in [0.15, 0.2) is 5.69 Å². The Bertz CT molecular complexity index is 844. The summed E-state index contributed by atoms with van der Waals surface area (Å²) in [5, 5.41) is 18.1. The van der Waals surface area contributed by atoms with E-state index in [9.17, 15) is 5.26 Å². The Balaban J connectivity index is 2.04. The largest absolute Gasteiger partial charge is 0.216 e. The first-order valence-corrected chi connectivity index (χ1v) is 7.21. The van der Waals surface area contributed by atoms with Gasteiger partial charge in [0.2, 0.25) is 0 Å². The van der Waals surface area contributed by atoms with Gasteiger partial charge in [-0.3, -0.25) is 0 Å². The molecule has 108 valence electrons. The highest BCUT2D eigenvalue weighted by atomic mass is 35.5. The predicted molar refractivity (Wildman–Crippen MR) is 85.1 cm³/mol. The number of hydrogen-bond acceptors (Lipinski definition) is 3. The highest BCUT2D eigenvalue weighted by Gasteiger charge is 2.14. The van der Waals surface area contributed by atoms with Crippen LogP contribution in [0.3, 0.4) is 0 Å². The van der Waals surface area contributed by atoms with Gasteiger partial charge in [-0.15, -0.1) is 5.10 Å². The maximum atomic E-state index is 9.27. The molecule has 22 heavy (non-hydrogen) atoms. The van der Waals surface area contributed by atoms with Crippen LogP contribution in [-0.2, 0) is 6.42 Å². The lowest BCUT2D eigenvalue weighted by Crippen LogP contribution is -2.04. The van der Waals surface area contributed by atoms with Crippen LogP contribution in [0.15, 0.2) is 48.5 Å². The smallest absolute Gasteiger partial charge is 0.186 e. The van der Waals surface area contributed by atoms with E-state index in [1.54, 1.807) is 4.68 Å². The van der Waals surface area contributed by atoms with Gasteiger partial charge in [0.1, 0.15) is 6.07 Å². The summed E-state index contributed by atoms with van der Waals surface area (Å²) in [6.07, 6.45) is 0.570. The Labute approximate surface area is 133 Å². The van der Waals surface area contributed by atoms with E-state index in [1.165, 1.54) is 0 Å². The van der Waals surface area contributed by atoms with Crippen molar-refractivity contribution in [3.8, 4) is 11.8 Å². The summed E-state index contributed by atoms with van der Waals surface area (Å²) < 4.78 is 1.72. The molecule has 2 aromatic carbocycles. The van der Waals surface area contributed by atoms with Crippen molar-refractivity contribution < 1.29 is 0 Å².